The number of hydrogen-bond acceptors (Lipinski definition) is 6. The van der Waals surface area contributed by atoms with Gasteiger partial charge in [-0.05, 0) is 13.8 Å². The van der Waals surface area contributed by atoms with Gasteiger partial charge in [0.15, 0.2) is 6.17 Å². The number of halogens is 2. The number of hydrogen-bond donors (Lipinski definition) is 1. The number of ether oxygens (including phenoxy) is 1. The van der Waals surface area contributed by atoms with Crippen LogP contribution in [0.5, 0.6) is 5.88 Å². The Morgan fingerprint density at radius 1 is 1.52 bits per heavy atom. The highest BCUT2D eigenvalue weighted by Gasteiger charge is 2.28. The van der Waals surface area contributed by atoms with Crippen LogP contribution in [0.15, 0.2) is 12.3 Å². The van der Waals surface area contributed by atoms with Gasteiger partial charge >= 0.3 is 11.6 Å². The lowest BCUT2D eigenvalue weighted by Crippen LogP contribution is -2.17. The van der Waals surface area contributed by atoms with Crippen molar-refractivity contribution < 1.29 is 23.5 Å². The molecule has 2 heterocycles. The van der Waals surface area contributed by atoms with Gasteiger partial charge in [0.1, 0.15) is 18.1 Å². The summed E-state index contributed by atoms with van der Waals surface area (Å²) < 4.78 is 32.5. The molecule has 2 aromatic rings. The molecule has 2 rings (SSSR count). The molecule has 10 heteroatoms. The third-order valence-electron chi connectivity index (χ3n) is 3.09. The van der Waals surface area contributed by atoms with Crippen LogP contribution in [-0.4, -0.2) is 44.2 Å². The van der Waals surface area contributed by atoms with Gasteiger partial charge in [0, 0.05) is 6.07 Å². The average molecular weight is 328 g/mol. The van der Waals surface area contributed by atoms with E-state index in [1.54, 1.807) is 6.92 Å². The Morgan fingerprint density at radius 2 is 2.22 bits per heavy atom. The molecular formula is C13H14F2N4O4. The molecule has 0 aliphatic carbocycles. The van der Waals surface area contributed by atoms with Crippen molar-refractivity contribution in [1.82, 2.24) is 14.8 Å². The fraction of sp³-hybridized carbons (Fsp3) is 0.385. The first-order valence-corrected chi connectivity index (χ1v) is 6.59. The summed E-state index contributed by atoms with van der Waals surface area (Å²) in [7, 11) is 0. The monoisotopic (exact) mass is 328 g/mol. The predicted octanol–water partition coefficient (Wildman–Crippen LogP) is 1.64. The second-order valence-corrected chi connectivity index (χ2v) is 4.76. The first-order chi connectivity index (χ1) is 10.8. The number of alkyl halides is 1. The molecule has 1 atom stereocenters. The van der Waals surface area contributed by atoms with Gasteiger partial charge in [0.25, 0.3) is 0 Å². The lowest BCUT2D eigenvalue weighted by atomic mass is 10.3. The van der Waals surface area contributed by atoms with Crippen LogP contribution in [-0.2, 0) is 0 Å². The Hall–Kier alpha value is -2.62. The third-order valence-corrected chi connectivity index (χ3v) is 3.09. The maximum Gasteiger partial charge on any atom is 0.353 e. The topological polar surface area (TPSA) is 103 Å². The van der Waals surface area contributed by atoms with Crippen molar-refractivity contribution in [2.24, 2.45) is 0 Å². The quantitative estimate of drug-likeness (QED) is 0.639. The highest BCUT2D eigenvalue weighted by atomic mass is 19.1. The predicted molar refractivity (Wildman–Crippen MR) is 74.9 cm³/mol. The van der Waals surface area contributed by atoms with Crippen molar-refractivity contribution >= 4 is 5.69 Å². The summed E-state index contributed by atoms with van der Waals surface area (Å²) >= 11 is 0. The van der Waals surface area contributed by atoms with E-state index in [0.717, 1.165) is 16.9 Å². The largest absolute Gasteiger partial charge is 0.469 e. The van der Waals surface area contributed by atoms with Crippen LogP contribution in [0.2, 0.25) is 0 Å². The molecule has 0 amide bonds. The van der Waals surface area contributed by atoms with Crippen LogP contribution >= 0.6 is 0 Å². The zero-order chi connectivity index (χ0) is 17.1. The molecule has 0 aromatic carbocycles. The molecule has 8 nitrogen and oxygen atoms in total. The smallest absolute Gasteiger partial charge is 0.353 e. The third kappa shape index (κ3) is 3.42. The lowest BCUT2D eigenvalue weighted by Gasteiger charge is -2.06. The van der Waals surface area contributed by atoms with E-state index in [0.29, 0.717) is 5.69 Å². The van der Waals surface area contributed by atoms with Gasteiger partial charge < -0.3 is 9.84 Å². The van der Waals surface area contributed by atoms with Crippen molar-refractivity contribution in [1.29, 1.82) is 0 Å². The fourth-order valence-corrected chi connectivity index (χ4v) is 1.94. The van der Waals surface area contributed by atoms with Crippen molar-refractivity contribution in [2.45, 2.75) is 20.0 Å². The number of aromatic nitrogens is 3. The maximum absolute atomic E-state index is 13.4. The number of aliphatic hydroxyl groups excluding tert-OH is 1. The van der Waals surface area contributed by atoms with Crippen LogP contribution in [0.1, 0.15) is 11.4 Å². The van der Waals surface area contributed by atoms with Gasteiger partial charge in [-0.25, -0.2) is 13.5 Å². The molecule has 0 aliphatic rings. The first kappa shape index (κ1) is 16.7. The molecule has 0 aliphatic heterocycles. The fourth-order valence-electron chi connectivity index (χ4n) is 1.94. The number of aliphatic hydroxyl groups is 1. The molecule has 1 unspecified atom stereocenters. The van der Waals surface area contributed by atoms with E-state index in [1.165, 1.54) is 6.92 Å². The van der Waals surface area contributed by atoms with E-state index >= 15 is 0 Å². The molecule has 0 saturated heterocycles. The molecule has 0 fully saturated rings. The number of nitro groups is 1. The summed E-state index contributed by atoms with van der Waals surface area (Å²) in [6.07, 6.45) is -0.684. The van der Waals surface area contributed by atoms with E-state index in [-0.39, 0.29) is 11.4 Å². The van der Waals surface area contributed by atoms with E-state index in [2.05, 4.69) is 10.1 Å². The highest BCUT2D eigenvalue weighted by Crippen LogP contribution is 2.32. The van der Waals surface area contributed by atoms with Crippen LogP contribution in [0.3, 0.4) is 0 Å². The van der Waals surface area contributed by atoms with Crippen LogP contribution in [0.4, 0.5) is 14.5 Å². The number of pyridine rings is 1. The Kier molecular flexibility index (Phi) is 4.84. The van der Waals surface area contributed by atoms with Crippen LogP contribution < -0.4 is 4.74 Å². The Morgan fingerprint density at radius 3 is 2.83 bits per heavy atom. The van der Waals surface area contributed by atoms with E-state index in [4.69, 9.17) is 9.84 Å². The average Bonchev–Trinajstić information content (AvgIpc) is 2.83. The Bertz CT molecular complexity index is 735. The van der Waals surface area contributed by atoms with Crippen molar-refractivity contribution in [2.75, 3.05) is 13.2 Å². The van der Waals surface area contributed by atoms with Gasteiger partial charge in [0.2, 0.25) is 0 Å². The van der Waals surface area contributed by atoms with E-state index < -0.39 is 41.7 Å². The normalized spacial score (nSPS) is 12.2. The summed E-state index contributed by atoms with van der Waals surface area (Å²) in [6.45, 7) is 1.63. The molecule has 23 heavy (non-hydrogen) atoms. The molecule has 0 spiro atoms. The number of aryl methyl sites for hydroxylation is 1. The summed E-state index contributed by atoms with van der Waals surface area (Å²) in [5, 5.41) is 23.7. The molecular weight excluding hydrogens is 314 g/mol. The van der Waals surface area contributed by atoms with Gasteiger partial charge in [-0.3, -0.25) is 15.1 Å². The SMILES string of the molecule is Cc1ncc(F)cc1-n1nc(OCC(F)CO)c([N+](=O)[O-])c1C. The van der Waals surface area contributed by atoms with Crippen molar-refractivity contribution in [3.8, 4) is 11.6 Å². The molecule has 124 valence electrons. The van der Waals surface area contributed by atoms with Gasteiger partial charge in [-0.15, -0.1) is 5.10 Å². The summed E-state index contributed by atoms with van der Waals surface area (Å²) in [5.74, 6) is -1.04. The zero-order valence-electron chi connectivity index (χ0n) is 12.4. The van der Waals surface area contributed by atoms with E-state index in [9.17, 15) is 18.9 Å². The number of nitrogens with zero attached hydrogens (tertiary/aromatic N) is 4. The zero-order valence-corrected chi connectivity index (χ0v) is 12.4. The Labute approximate surface area is 129 Å². The molecule has 0 bridgehead atoms. The molecule has 1 N–H and O–H groups in total. The van der Waals surface area contributed by atoms with Crippen LogP contribution in [0, 0.1) is 29.8 Å². The Balaban J connectivity index is 2.49. The maximum atomic E-state index is 13.4. The minimum absolute atomic E-state index is 0.0832. The second kappa shape index (κ2) is 6.65. The van der Waals surface area contributed by atoms with Crippen LogP contribution in [0.25, 0.3) is 5.69 Å². The van der Waals surface area contributed by atoms with Gasteiger partial charge in [-0.2, -0.15) is 0 Å². The highest BCUT2D eigenvalue weighted by molar-refractivity contribution is 5.50. The minimum atomic E-state index is -1.70. The molecule has 0 saturated carbocycles. The van der Waals surface area contributed by atoms with Gasteiger partial charge in [0.05, 0.1) is 29.1 Å². The summed E-state index contributed by atoms with van der Waals surface area (Å²) in [6, 6.07) is 1.13. The first-order valence-electron chi connectivity index (χ1n) is 6.59. The summed E-state index contributed by atoms with van der Waals surface area (Å²) in [4.78, 5) is 14.3. The second-order valence-electron chi connectivity index (χ2n) is 4.76. The minimum Gasteiger partial charge on any atom is -0.469 e. The number of rotatable bonds is 6. The summed E-state index contributed by atoms with van der Waals surface area (Å²) in [5.41, 5.74) is 0.232. The van der Waals surface area contributed by atoms with Gasteiger partial charge in [-0.1, -0.05) is 0 Å². The molecule has 0 radical (unpaired) electrons. The van der Waals surface area contributed by atoms with Crippen molar-refractivity contribution in [3.05, 3.63) is 39.6 Å². The standard InChI is InChI=1S/C13H14F2N4O4/c1-7-11(3-9(14)4-16-7)18-8(2)12(19(21)22)13(17-18)23-6-10(15)5-20/h3-4,10,20H,5-6H2,1-2H3. The van der Waals surface area contributed by atoms with Crippen molar-refractivity contribution in [3.63, 3.8) is 0 Å². The molecule has 2 aromatic heterocycles. The van der Waals surface area contributed by atoms with E-state index in [1.807, 2.05) is 0 Å². The lowest BCUT2D eigenvalue weighted by molar-refractivity contribution is -0.386.